The average molecular weight is 370 g/mol. The van der Waals surface area contributed by atoms with Crippen LogP contribution < -0.4 is 15.7 Å². The third-order valence-electron chi connectivity index (χ3n) is 4.12. The van der Waals surface area contributed by atoms with Gasteiger partial charge in [0.25, 0.3) is 5.91 Å². The maximum absolute atomic E-state index is 13.6. The maximum atomic E-state index is 13.6. The fourth-order valence-electron chi connectivity index (χ4n) is 2.64. The summed E-state index contributed by atoms with van der Waals surface area (Å²) in [4.78, 5) is 24.4. The third kappa shape index (κ3) is 3.89. The number of halogens is 1. The topological polar surface area (TPSA) is 78.2 Å². The SMILES string of the molecule is COc1ccc(-c2nn(CCNC(=O)c3ccccc3F)c(=O)n2C)cc1. The molecule has 0 fully saturated rings. The summed E-state index contributed by atoms with van der Waals surface area (Å²) in [6.45, 7) is 0.315. The van der Waals surface area contributed by atoms with Crippen molar-refractivity contribution in [1.82, 2.24) is 19.7 Å². The minimum atomic E-state index is -0.591. The van der Waals surface area contributed by atoms with Crippen LogP contribution in [0.1, 0.15) is 10.4 Å². The lowest BCUT2D eigenvalue weighted by Crippen LogP contribution is -2.32. The number of ether oxygens (including phenoxy) is 1. The van der Waals surface area contributed by atoms with Crippen LogP contribution in [0.3, 0.4) is 0 Å². The fraction of sp³-hybridized carbons (Fsp3) is 0.211. The van der Waals surface area contributed by atoms with Gasteiger partial charge < -0.3 is 10.1 Å². The smallest absolute Gasteiger partial charge is 0.345 e. The molecule has 3 aromatic rings. The summed E-state index contributed by atoms with van der Waals surface area (Å²) < 4.78 is 21.4. The van der Waals surface area contributed by atoms with E-state index in [1.54, 1.807) is 32.4 Å². The summed E-state index contributed by atoms with van der Waals surface area (Å²) in [5.74, 6) is 0.0846. The number of rotatable bonds is 6. The van der Waals surface area contributed by atoms with E-state index in [0.717, 1.165) is 5.56 Å². The van der Waals surface area contributed by atoms with Crippen LogP contribution in [-0.4, -0.2) is 33.9 Å². The molecular formula is C19H19FN4O3. The zero-order valence-corrected chi connectivity index (χ0v) is 15.0. The van der Waals surface area contributed by atoms with Crippen LogP contribution in [0.25, 0.3) is 11.4 Å². The number of benzene rings is 2. The number of nitrogens with zero attached hydrogens (tertiary/aromatic N) is 3. The van der Waals surface area contributed by atoms with Gasteiger partial charge in [0.1, 0.15) is 11.6 Å². The summed E-state index contributed by atoms with van der Waals surface area (Å²) in [6.07, 6.45) is 0. The van der Waals surface area contributed by atoms with E-state index in [9.17, 15) is 14.0 Å². The lowest BCUT2D eigenvalue weighted by Gasteiger charge is -2.05. The number of hydrogen-bond acceptors (Lipinski definition) is 4. The molecule has 0 atom stereocenters. The van der Waals surface area contributed by atoms with Gasteiger partial charge in [-0.2, -0.15) is 0 Å². The average Bonchev–Trinajstić information content (AvgIpc) is 2.97. The van der Waals surface area contributed by atoms with Gasteiger partial charge in [0.15, 0.2) is 5.82 Å². The van der Waals surface area contributed by atoms with Gasteiger partial charge in [-0.3, -0.25) is 9.36 Å². The molecule has 140 valence electrons. The highest BCUT2D eigenvalue weighted by Gasteiger charge is 2.14. The molecule has 1 N–H and O–H groups in total. The molecule has 3 rings (SSSR count). The molecule has 0 saturated carbocycles. The molecule has 0 unspecified atom stereocenters. The summed E-state index contributed by atoms with van der Waals surface area (Å²) in [5.41, 5.74) is 0.426. The monoisotopic (exact) mass is 370 g/mol. The van der Waals surface area contributed by atoms with Gasteiger partial charge in [-0.05, 0) is 36.4 Å². The second-order valence-corrected chi connectivity index (χ2v) is 5.85. The summed E-state index contributed by atoms with van der Waals surface area (Å²) >= 11 is 0. The molecule has 1 aromatic heterocycles. The summed E-state index contributed by atoms with van der Waals surface area (Å²) in [5, 5.41) is 6.92. The Balaban J connectivity index is 1.70. The Morgan fingerprint density at radius 2 is 1.89 bits per heavy atom. The van der Waals surface area contributed by atoms with Crippen molar-refractivity contribution >= 4 is 5.91 Å². The summed E-state index contributed by atoms with van der Waals surface area (Å²) in [7, 11) is 3.21. The molecule has 0 bridgehead atoms. The number of carbonyl (C=O) groups is 1. The van der Waals surface area contributed by atoms with E-state index in [2.05, 4.69) is 10.4 Å². The first-order valence-corrected chi connectivity index (χ1v) is 8.32. The van der Waals surface area contributed by atoms with Gasteiger partial charge in [-0.1, -0.05) is 12.1 Å². The Bertz CT molecular complexity index is 1010. The van der Waals surface area contributed by atoms with Crippen molar-refractivity contribution in [2.24, 2.45) is 7.05 Å². The molecule has 8 heteroatoms. The van der Waals surface area contributed by atoms with Crippen LogP contribution in [0.5, 0.6) is 5.75 Å². The Morgan fingerprint density at radius 1 is 1.19 bits per heavy atom. The first-order valence-electron chi connectivity index (χ1n) is 8.32. The lowest BCUT2D eigenvalue weighted by atomic mass is 10.2. The molecule has 0 aliphatic rings. The van der Waals surface area contributed by atoms with Gasteiger partial charge in [0.2, 0.25) is 0 Å². The predicted octanol–water partition coefficient (Wildman–Crippen LogP) is 1.83. The van der Waals surface area contributed by atoms with Crippen molar-refractivity contribution in [3.05, 3.63) is 70.4 Å². The van der Waals surface area contributed by atoms with Crippen LogP contribution in [-0.2, 0) is 13.6 Å². The van der Waals surface area contributed by atoms with Crippen molar-refractivity contribution in [3.63, 3.8) is 0 Å². The van der Waals surface area contributed by atoms with Crippen molar-refractivity contribution in [3.8, 4) is 17.1 Å². The first-order chi connectivity index (χ1) is 13.0. The van der Waals surface area contributed by atoms with Gasteiger partial charge in [0, 0.05) is 19.2 Å². The van der Waals surface area contributed by atoms with Crippen molar-refractivity contribution in [2.45, 2.75) is 6.54 Å². The predicted molar refractivity (Wildman–Crippen MR) is 98.2 cm³/mol. The molecule has 0 spiro atoms. The van der Waals surface area contributed by atoms with E-state index in [0.29, 0.717) is 11.6 Å². The number of methoxy groups -OCH3 is 1. The molecule has 2 aromatic carbocycles. The quantitative estimate of drug-likeness (QED) is 0.718. The number of nitrogens with one attached hydrogen (secondary N) is 1. The van der Waals surface area contributed by atoms with Crippen LogP contribution in [0.15, 0.2) is 53.3 Å². The number of carbonyl (C=O) groups excluding carboxylic acids is 1. The fourth-order valence-corrected chi connectivity index (χ4v) is 2.64. The van der Waals surface area contributed by atoms with Gasteiger partial charge >= 0.3 is 5.69 Å². The van der Waals surface area contributed by atoms with Crippen LogP contribution in [0, 0.1) is 5.82 Å². The minimum absolute atomic E-state index is 0.0372. The zero-order valence-electron chi connectivity index (χ0n) is 15.0. The molecule has 0 saturated heterocycles. The third-order valence-corrected chi connectivity index (χ3v) is 4.12. The van der Waals surface area contributed by atoms with E-state index >= 15 is 0 Å². The van der Waals surface area contributed by atoms with Gasteiger partial charge in [0.05, 0.1) is 19.2 Å². The van der Waals surface area contributed by atoms with E-state index in [1.807, 2.05) is 12.1 Å². The largest absolute Gasteiger partial charge is 0.497 e. The highest BCUT2D eigenvalue weighted by molar-refractivity contribution is 5.94. The van der Waals surface area contributed by atoms with Crippen molar-refractivity contribution < 1.29 is 13.9 Å². The number of aromatic nitrogens is 3. The molecule has 0 radical (unpaired) electrons. The minimum Gasteiger partial charge on any atom is -0.497 e. The van der Waals surface area contributed by atoms with E-state index in [-0.39, 0.29) is 24.3 Å². The number of amides is 1. The molecule has 0 aliphatic heterocycles. The van der Waals surface area contributed by atoms with Crippen molar-refractivity contribution in [1.29, 1.82) is 0 Å². The normalized spacial score (nSPS) is 10.6. The Kier molecular flexibility index (Phi) is 5.35. The van der Waals surface area contributed by atoms with Crippen molar-refractivity contribution in [2.75, 3.05) is 13.7 Å². The summed E-state index contributed by atoms with van der Waals surface area (Å²) in [6, 6.07) is 12.9. The van der Waals surface area contributed by atoms with E-state index < -0.39 is 11.7 Å². The van der Waals surface area contributed by atoms with Crippen LogP contribution in [0.2, 0.25) is 0 Å². The lowest BCUT2D eigenvalue weighted by molar-refractivity contribution is 0.0947. The highest BCUT2D eigenvalue weighted by Crippen LogP contribution is 2.19. The first kappa shape index (κ1) is 18.4. The van der Waals surface area contributed by atoms with Crippen LogP contribution in [0.4, 0.5) is 4.39 Å². The molecule has 1 amide bonds. The van der Waals surface area contributed by atoms with E-state index in [1.165, 1.54) is 27.4 Å². The van der Waals surface area contributed by atoms with E-state index in [4.69, 9.17) is 4.74 Å². The number of hydrogen-bond donors (Lipinski definition) is 1. The Labute approximate surface area is 155 Å². The molecule has 1 heterocycles. The van der Waals surface area contributed by atoms with Crippen LogP contribution >= 0.6 is 0 Å². The molecule has 7 nitrogen and oxygen atoms in total. The zero-order chi connectivity index (χ0) is 19.4. The van der Waals surface area contributed by atoms with Gasteiger partial charge in [-0.15, -0.1) is 5.10 Å². The standard InChI is InChI=1S/C19H19FN4O3/c1-23-17(13-7-9-14(27-2)10-8-13)22-24(19(23)26)12-11-21-18(25)15-5-3-4-6-16(15)20/h3-10H,11-12H2,1-2H3,(H,21,25). The van der Waals surface area contributed by atoms with Gasteiger partial charge in [-0.25, -0.2) is 13.9 Å². The Hall–Kier alpha value is -3.42. The molecule has 0 aliphatic carbocycles. The highest BCUT2D eigenvalue weighted by atomic mass is 19.1. The second kappa shape index (κ2) is 7.86. The second-order valence-electron chi connectivity index (χ2n) is 5.85. The molecular weight excluding hydrogens is 351 g/mol. The maximum Gasteiger partial charge on any atom is 0.345 e. The Morgan fingerprint density at radius 3 is 2.56 bits per heavy atom. The molecule has 27 heavy (non-hydrogen) atoms.